The highest BCUT2D eigenvalue weighted by atomic mass is 16.5. The third-order valence-corrected chi connectivity index (χ3v) is 5.14. The van der Waals surface area contributed by atoms with Crippen molar-refractivity contribution >= 4 is 5.57 Å². The minimum atomic E-state index is 0.277. The third-order valence-electron chi connectivity index (χ3n) is 5.14. The van der Waals surface area contributed by atoms with Crippen LogP contribution >= 0.6 is 0 Å². The lowest BCUT2D eigenvalue weighted by Crippen LogP contribution is -2.12. The van der Waals surface area contributed by atoms with E-state index in [1.165, 1.54) is 77.0 Å². The summed E-state index contributed by atoms with van der Waals surface area (Å²) in [5.41, 5.74) is 2.20. The average Bonchev–Trinajstić information content (AvgIpc) is 2.63. The van der Waals surface area contributed by atoms with Crippen LogP contribution in [0.15, 0.2) is 30.8 Å². The van der Waals surface area contributed by atoms with Crippen molar-refractivity contribution in [1.29, 1.82) is 0 Å². The summed E-state index contributed by atoms with van der Waals surface area (Å²) in [7, 11) is 0. The van der Waals surface area contributed by atoms with Crippen molar-refractivity contribution in [2.75, 3.05) is 0 Å². The molecule has 0 aliphatic carbocycles. The molecule has 0 amide bonds. The fraction of sp³-hybridized carbons (Fsp3) is 0.680. The maximum absolute atomic E-state index is 6.15. The van der Waals surface area contributed by atoms with Crippen LogP contribution in [0.4, 0.5) is 0 Å². The van der Waals surface area contributed by atoms with E-state index >= 15 is 0 Å². The molecular formula is C25H42O. The molecule has 1 nitrogen and oxygen atoms in total. The molecule has 1 aromatic rings. The molecule has 1 atom stereocenters. The van der Waals surface area contributed by atoms with E-state index in [0.717, 1.165) is 23.3 Å². The van der Waals surface area contributed by atoms with E-state index in [2.05, 4.69) is 32.6 Å². The van der Waals surface area contributed by atoms with Gasteiger partial charge in [-0.15, -0.1) is 0 Å². The Morgan fingerprint density at radius 2 is 1.35 bits per heavy atom. The number of ether oxygens (including phenoxy) is 1. The molecule has 0 heterocycles. The fourth-order valence-corrected chi connectivity index (χ4v) is 3.47. The van der Waals surface area contributed by atoms with Crippen LogP contribution in [0.2, 0.25) is 0 Å². The Balaban J connectivity index is 2.00. The molecule has 1 aromatic carbocycles. The predicted octanol–water partition coefficient (Wildman–Crippen LogP) is 8.58. The molecule has 0 N–H and O–H groups in total. The summed E-state index contributed by atoms with van der Waals surface area (Å²) in [5, 5.41) is 0. The molecule has 0 aromatic heterocycles. The van der Waals surface area contributed by atoms with Crippen molar-refractivity contribution in [3.63, 3.8) is 0 Å². The third kappa shape index (κ3) is 10.7. The summed E-state index contributed by atoms with van der Waals surface area (Å²) in [6.07, 6.45) is 18.2. The Labute approximate surface area is 163 Å². The van der Waals surface area contributed by atoms with Crippen LogP contribution in [-0.2, 0) is 0 Å². The second-order valence-electron chi connectivity index (χ2n) is 7.88. The van der Waals surface area contributed by atoms with Gasteiger partial charge in [0.25, 0.3) is 0 Å². The molecular weight excluding hydrogens is 316 g/mol. The number of benzene rings is 1. The van der Waals surface area contributed by atoms with Crippen LogP contribution in [0, 0.1) is 0 Å². The van der Waals surface area contributed by atoms with E-state index in [-0.39, 0.29) is 6.10 Å². The summed E-state index contributed by atoms with van der Waals surface area (Å²) in [6.45, 7) is 10.6. The zero-order valence-electron chi connectivity index (χ0n) is 17.7. The Morgan fingerprint density at radius 1 is 0.846 bits per heavy atom. The van der Waals surface area contributed by atoms with Crippen molar-refractivity contribution in [2.45, 2.75) is 110 Å². The molecule has 0 saturated heterocycles. The summed E-state index contributed by atoms with van der Waals surface area (Å²) in [4.78, 5) is 0. The van der Waals surface area contributed by atoms with Gasteiger partial charge in [0.15, 0.2) is 0 Å². The van der Waals surface area contributed by atoms with Gasteiger partial charge in [-0.05, 0) is 38.3 Å². The topological polar surface area (TPSA) is 9.23 Å². The van der Waals surface area contributed by atoms with Crippen LogP contribution in [0.25, 0.3) is 5.57 Å². The van der Waals surface area contributed by atoms with Crippen LogP contribution in [0.3, 0.4) is 0 Å². The van der Waals surface area contributed by atoms with Crippen LogP contribution in [0.5, 0.6) is 5.75 Å². The summed E-state index contributed by atoms with van der Waals surface area (Å²) < 4.78 is 6.15. The highest BCUT2D eigenvalue weighted by Crippen LogP contribution is 2.26. The average molecular weight is 359 g/mol. The van der Waals surface area contributed by atoms with Gasteiger partial charge in [0.05, 0.1) is 6.10 Å². The molecule has 0 radical (unpaired) electrons. The lowest BCUT2D eigenvalue weighted by atomic mass is 10.0. The van der Waals surface area contributed by atoms with Gasteiger partial charge >= 0.3 is 0 Å². The number of para-hydroxylation sites is 1. The highest BCUT2D eigenvalue weighted by Gasteiger charge is 2.08. The maximum atomic E-state index is 6.15. The Bertz CT molecular complexity index is 477. The minimum Gasteiger partial charge on any atom is -0.490 e. The monoisotopic (exact) mass is 358 g/mol. The molecule has 148 valence electrons. The number of hydrogen-bond acceptors (Lipinski definition) is 1. The van der Waals surface area contributed by atoms with Gasteiger partial charge in [-0.3, -0.25) is 0 Å². The summed E-state index contributed by atoms with van der Waals surface area (Å²) in [5.74, 6) is 0.978. The smallest absolute Gasteiger partial charge is 0.127 e. The quantitative estimate of drug-likeness (QED) is 0.269. The van der Waals surface area contributed by atoms with Crippen LogP contribution < -0.4 is 4.74 Å². The van der Waals surface area contributed by atoms with E-state index in [1.807, 2.05) is 19.1 Å². The number of hydrogen-bond donors (Lipinski definition) is 0. The maximum Gasteiger partial charge on any atom is 0.127 e. The van der Waals surface area contributed by atoms with Gasteiger partial charge in [-0.2, -0.15) is 0 Å². The van der Waals surface area contributed by atoms with Gasteiger partial charge in [0.1, 0.15) is 5.75 Å². The normalized spacial score (nSPS) is 12.1. The molecule has 1 heteroatoms. The van der Waals surface area contributed by atoms with E-state index in [0.29, 0.717) is 0 Å². The molecule has 1 unspecified atom stereocenters. The standard InChI is InChI=1S/C25H42O/c1-5-6-7-8-9-10-11-12-13-14-15-16-19-23(4)26-25-21-18-17-20-24(25)22(2)3/h17-18,20-21,23H,2,5-16,19H2,1,3-4H3. The van der Waals surface area contributed by atoms with E-state index in [9.17, 15) is 0 Å². The molecule has 26 heavy (non-hydrogen) atoms. The van der Waals surface area contributed by atoms with Crippen LogP contribution in [-0.4, -0.2) is 6.10 Å². The first-order valence-electron chi connectivity index (χ1n) is 11.1. The predicted molar refractivity (Wildman–Crippen MR) is 117 cm³/mol. The van der Waals surface area contributed by atoms with Gasteiger partial charge in [-0.1, -0.05) is 102 Å². The first-order valence-corrected chi connectivity index (χ1v) is 11.1. The molecule has 1 rings (SSSR count). The summed E-state index contributed by atoms with van der Waals surface area (Å²) >= 11 is 0. The highest BCUT2D eigenvalue weighted by molar-refractivity contribution is 5.66. The summed E-state index contributed by atoms with van der Waals surface area (Å²) in [6, 6.07) is 8.24. The molecule has 0 saturated carbocycles. The first kappa shape index (κ1) is 22.8. The molecule has 0 aliphatic heterocycles. The molecule has 0 bridgehead atoms. The first-order chi connectivity index (χ1) is 12.6. The van der Waals surface area contributed by atoms with Gasteiger partial charge < -0.3 is 4.74 Å². The minimum absolute atomic E-state index is 0.277. The van der Waals surface area contributed by atoms with Crippen molar-refractivity contribution in [3.05, 3.63) is 36.4 Å². The lowest BCUT2D eigenvalue weighted by molar-refractivity contribution is 0.205. The number of rotatable bonds is 16. The number of allylic oxidation sites excluding steroid dienone is 1. The molecule has 0 fully saturated rings. The SMILES string of the molecule is C=C(C)c1ccccc1OC(C)CCCCCCCCCCCCCC. The van der Waals surface area contributed by atoms with Crippen LogP contribution in [0.1, 0.15) is 110 Å². The zero-order chi connectivity index (χ0) is 19.0. The Hall–Kier alpha value is -1.24. The zero-order valence-corrected chi connectivity index (χ0v) is 17.7. The second kappa shape index (κ2) is 14.9. The van der Waals surface area contributed by atoms with Gasteiger partial charge in [-0.25, -0.2) is 0 Å². The van der Waals surface area contributed by atoms with Gasteiger partial charge in [0, 0.05) is 5.56 Å². The Kier molecular flexibility index (Phi) is 13.0. The largest absolute Gasteiger partial charge is 0.490 e. The van der Waals surface area contributed by atoms with Crippen molar-refractivity contribution in [1.82, 2.24) is 0 Å². The second-order valence-corrected chi connectivity index (χ2v) is 7.88. The number of unbranched alkanes of at least 4 members (excludes halogenated alkanes) is 11. The van der Waals surface area contributed by atoms with E-state index in [1.54, 1.807) is 0 Å². The fourth-order valence-electron chi connectivity index (χ4n) is 3.47. The molecule has 0 aliphatic rings. The van der Waals surface area contributed by atoms with Crippen molar-refractivity contribution in [3.8, 4) is 5.75 Å². The lowest BCUT2D eigenvalue weighted by Gasteiger charge is -2.17. The Morgan fingerprint density at radius 3 is 1.88 bits per heavy atom. The van der Waals surface area contributed by atoms with Gasteiger partial charge in [0.2, 0.25) is 0 Å². The van der Waals surface area contributed by atoms with E-state index in [4.69, 9.17) is 4.74 Å². The molecule has 0 spiro atoms. The van der Waals surface area contributed by atoms with Crippen molar-refractivity contribution in [2.24, 2.45) is 0 Å². The van der Waals surface area contributed by atoms with Crippen molar-refractivity contribution < 1.29 is 4.74 Å². The van der Waals surface area contributed by atoms with E-state index < -0.39 is 0 Å².